The maximum absolute atomic E-state index is 13.0. The molecule has 138 valence electrons. The van der Waals surface area contributed by atoms with Crippen LogP contribution in [0.5, 0.6) is 0 Å². The lowest BCUT2D eigenvalue weighted by Crippen LogP contribution is -2.38. The van der Waals surface area contributed by atoms with Gasteiger partial charge in [-0.15, -0.1) is 10.2 Å². The molecule has 7 heteroatoms. The van der Waals surface area contributed by atoms with Crippen molar-refractivity contribution in [3.05, 3.63) is 71.6 Å². The first-order chi connectivity index (χ1) is 13.1. The molecule has 1 saturated heterocycles. The van der Waals surface area contributed by atoms with Gasteiger partial charge < -0.3 is 9.32 Å². The van der Waals surface area contributed by atoms with Gasteiger partial charge in [-0.3, -0.25) is 4.79 Å². The van der Waals surface area contributed by atoms with Crippen LogP contribution >= 0.6 is 0 Å². The van der Waals surface area contributed by atoms with E-state index in [-0.39, 0.29) is 23.5 Å². The van der Waals surface area contributed by atoms with Crippen molar-refractivity contribution in [2.75, 3.05) is 13.1 Å². The molecule has 2 heterocycles. The predicted molar refractivity (Wildman–Crippen MR) is 94.0 cm³/mol. The van der Waals surface area contributed by atoms with Gasteiger partial charge in [0.2, 0.25) is 11.8 Å². The third kappa shape index (κ3) is 3.72. The van der Waals surface area contributed by atoms with E-state index in [1.807, 2.05) is 0 Å². The fourth-order valence-electron chi connectivity index (χ4n) is 3.21. The third-order valence-corrected chi connectivity index (χ3v) is 4.75. The van der Waals surface area contributed by atoms with E-state index in [4.69, 9.17) is 4.42 Å². The molecule has 3 aromatic rings. The van der Waals surface area contributed by atoms with Crippen LogP contribution in [0.1, 0.15) is 35.0 Å². The molecule has 0 saturated carbocycles. The van der Waals surface area contributed by atoms with E-state index < -0.39 is 0 Å². The molecule has 4 rings (SSSR count). The van der Waals surface area contributed by atoms with Crippen LogP contribution in [-0.2, 0) is 0 Å². The number of nitrogens with zero attached hydrogens (tertiary/aromatic N) is 3. The highest BCUT2D eigenvalue weighted by Crippen LogP contribution is 2.30. The van der Waals surface area contributed by atoms with Crippen LogP contribution < -0.4 is 0 Å². The van der Waals surface area contributed by atoms with Gasteiger partial charge >= 0.3 is 0 Å². The molecule has 1 aromatic heterocycles. The van der Waals surface area contributed by atoms with Crippen molar-refractivity contribution < 1.29 is 18.0 Å². The summed E-state index contributed by atoms with van der Waals surface area (Å²) in [7, 11) is 0. The fraction of sp³-hybridized carbons (Fsp3) is 0.250. The van der Waals surface area contributed by atoms with Gasteiger partial charge in [0, 0.05) is 30.1 Å². The molecule has 0 spiro atoms. The van der Waals surface area contributed by atoms with E-state index in [9.17, 15) is 13.6 Å². The fourth-order valence-corrected chi connectivity index (χ4v) is 3.21. The number of carbonyl (C=O) groups is 1. The summed E-state index contributed by atoms with van der Waals surface area (Å²) in [6.07, 6.45) is 1.41. The van der Waals surface area contributed by atoms with Crippen LogP contribution in [-0.4, -0.2) is 34.1 Å². The Balaban J connectivity index is 1.40. The van der Waals surface area contributed by atoms with Crippen LogP contribution in [0.4, 0.5) is 8.78 Å². The molecular formula is C20H17F2N3O2. The van der Waals surface area contributed by atoms with Crippen LogP contribution in [0.3, 0.4) is 0 Å². The molecule has 0 aliphatic carbocycles. The SMILES string of the molecule is O=C(c1ccc(F)cc1)N1CCC(c2nnc(-c3ccc(F)cc3)o2)CC1. The molecule has 1 aliphatic heterocycles. The summed E-state index contributed by atoms with van der Waals surface area (Å²) in [5.74, 6) is 0.170. The van der Waals surface area contributed by atoms with E-state index in [2.05, 4.69) is 10.2 Å². The summed E-state index contributed by atoms with van der Waals surface area (Å²) in [6.45, 7) is 1.13. The molecular weight excluding hydrogens is 352 g/mol. The molecule has 0 radical (unpaired) electrons. The van der Waals surface area contributed by atoms with E-state index >= 15 is 0 Å². The van der Waals surface area contributed by atoms with Crippen molar-refractivity contribution in [1.29, 1.82) is 0 Å². The zero-order chi connectivity index (χ0) is 18.8. The maximum atomic E-state index is 13.0. The minimum atomic E-state index is -0.362. The zero-order valence-electron chi connectivity index (χ0n) is 14.4. The first kappa shape index (κ1) is 17.3. The zero-order valence-corrected chi connectivity index (χ0v) is 14.4. The van der Waals surface area contributed by atoms with Crippen molar-refractivity contribution in [1.82, 2.24) is 15.1 Å². The van der Waals surface area contributed by atoms with Gasteiger partial charge in [-0.2, -0.15) is 0 Å². The van der Waals surface area contributed by atoms with Crippen LogP contribution in [0.25, 0.3) is 11.5 Å². The quantitative estimate of drug-likeness (QED) is 0.699. The second-order valence-electron chi connectivity index (χ2n) is 6.53. The lowest BCUT2D eigenvalue weighted by Gasteiger charge is -2.30. The van der Waals surface area contributed by atoms with Crippen LogP contribution in [0.2, 0.25) is 0 Å². The second-order valence-corrected chi connectivity index (χ2v) is 6.53. The van der Waals surface area contributed by atoms with Crippen molar-refractivity contribution in [2.45, 2.75) is 18.8 Å². The van der Waals surface area contributed by atoms with Gasteiger partial charge in [0.15, 0.2) is 0 Å². The predicted octanol–water partition coefficient (Wildman–Crippen LogP) is 4.03. The molecule has 27 heavy (non-hydrogen) atoms. The molecule has 2 aromatic carbocycles. The average Bonchev–Trinajstić information content (AvgIpc) is 3.19. The number of aromatic nitrogens is 2. The standard InChI is InChI=1S/C20H17F2N3O2/c21-16-5-1-13(2-6-16)18-23-24-19(27-18)14-9-11-25(12-10-14)20(26)15-3-7-17(22)8-4-15/h1-8,14H,9-12H2. The van der Waals surface area contributed by atoms with Crippen LogP contribution in [0.15, 0.2) is 52.9 Å². The lowest BCUT2D eigenvalue weighted by molar-refractivity contribution is 0.0706. The van der Waals surface area contributed by atoms with Crippen molar-refractivity contribution >= 4 is 5.91 Å². The van der Waals surface area contributed by atoms with Gasteiger partial charge in [0.1, 0.15) is 11.6 Å². The Kier molecular flexibility index (Phi) is 4.66. The Labute approximate surface area is 154 Å². The van der Waals surface area contributed by atoms with Gasteiger partial charge in [0.05, 0.1) is 0 Å². The summed E-state index contributed by atoms with van der Waals surface area (Å²) in [6, 6.07) is 11.4. The third-order valence-electron chi connectivity index (χ3n) is 4.75. The van der Waals surface area contributed by atoms with E-state index in [1.54, 1.807) is 17.0 Å². The first-order valence-electron chi connectivity index (χ1n) is 8.74. The summed E-state index contributed by atoms with van der Waals surface area (Å²) in [5, 5.41) is 8.17. The van der Waals surface area contributed by atoms with E-state index in [0.717, 1.165) is 0 Å². The topological polar surface area (TPSA) is 59.2 Å². The summed E-state index contributed by atoms with van der Waals surface area (Å²) in [5.41, 5.74) is 1.14. The molecule has 0 N–H and O–H groups in total. The molecule has 1 amide bonds. The van der Waals surface area contributed by atoms with Crippen molar-refractivity contribution in [2.24, 2.45) is 0 Å². The first-order valence-corrected chi connectivity index (χ1v) is 8.74. The highest BCUT2D eigenvalue weighted by Gasteiger charge is 2.28. The van der Waals surface area contributed by atoms with Crippen molar-refractivity contribution in [3.63, 3.8) is 0 Å². The average molecular weight is 369 g/mol. The number of hydrogen-bond donors (Lipinski definition) is 0. The minimum Gasteiger partial charge on any atom is -0.420 e. The Morgan fingerprint density at radius 3 is 2.15 bits per heavy atom. The number of piperidine rings is 1. The number of amides is 1. The summed E-state index contributed by atoms with van der Waals surface area (Å²) >= 11 is 0. The number of hydrogen-bond acceptors (Lipinski definition) is 4. The smallest absolute Gasteiger partial charge is 0.253 e. The Morgan fingerprint density at radius 1 is 0.926 bits per heavy atom. The number of carbonyl (C=O) groups excluding carboxylic acids is 1. The number of rotatable bonds is 3. The normalized spacial score (nSPS) is 15.1. The Hall–Kier alpha value is -3.09. The second kappa shape index (κ2) is 7.26. The number of benzene rings is 2. The molecule has 1 aliphatic rings. The molecule has 0 atom stereocenters. The van der Waals surface area contributed by atoms with Crippen molar-refractivity contribution in [3.8, 4) is 11.5 Å². The minimum absolute atomic E-state index is 0.0731. The van der Waals surface area contributed by atoms with Gasteiger partial charge in [-0.1, -0.05) is 0 Å². The van der Waals surface area contributed by atoms with Gasteiger partial charge in [-0.05, 0) is 61.4 Å². The monoisotopic (exact) mass is 369 g/mol. The number of likely N-dealkylation sites (tertiary alicyclic amines) is 1. The Bertz CT molecular complexity index is 931. The van der Waals surface area contributed by atoms with E-state index in [0.29, 0.717) is 48.8 Å². The molecule has 0 unspecified atom stereocenters. The number of halogens is 2. The van der Waals surface area contributed by atoms with E-state index in [1.165, 1.54) is 36.4 Å². The Morgan fingerprint density at radius 2 is 1.52 bits per heavy atom. The van der Waals surface area contributed by atoms with Gasteiger partial charge in [-0.25, -0.2) is 8.78 Å². The highest BCUT2D eigenvalue weighted by atomic mass is 19.1. The summed E-state index contributed by atoms with van der Waals surface area (Å²) < 4.78 is 31.8. The molecule has 5 nitrogen and oxygen atoms in total. The molecule has 1 fully saturated rings. The maximum Gasteiger partial charge on any atom is 0.253 e. The molecule has 0 bridgehead atoms. The largest absolute Gasteiger partial charge is 0.420 e. The van der Waals surface area contributed by atoms with Gasteiger partial charge in [0.25, 0.3) is 5.91 Å². The highest BCUT2D eigenvalue weighted by molar-refractivity contribution is 5.94. The summed E-state index contributed by atoms with van der Waals surface area (Å²) in [4.78, 5) is 14.2. The lowest BCUT2D eigenvalue weighted by atomic mass is 9.96. The van der Waals surface area contributed by atoms with Crippen LogP contribution in [0, 0.1) is 11.6 Å².